The molecule has 0 saturated carbocycles. The molecule has 2 aromatic heterocycles. The van der Waals surface area contributed by atoms with Crippen molar-refractivity contribution in [2.75, 3.05) is 0 Å². The second kappa shape index (κ2) is 7.07. The summed E-state index contributed by atoms with van der Waals surface area (Å²) in [6, 6.07) is 9.03. The van der Waals surface area contributed by atoms with Crippen LogP contribution >= 0.6 is 23.2 Å². The molecule has 0 N–H and O–H groups in total. The number of benzene rings is 2. The van der Waals surface area contributed by atoms with Crippen LogP contribution in [-0.2, 0) is 13.1 Å². The zero-order valence-electron chi connectivity index (χ0n) is 14.8. The zero-order chi connectivity index (χ0) is 20.0. The van der Waals surface area contributed by atoms with Gasteiger partial charge in [-0.15, -0.1) is 5.10 Å². The predicted molar refractivity (Wildman–Crippen MR) is 107 cm³/mol. The molecule has 6 nitrogen and oxygen atoms in total. The van der Waals surface area contributed by atoms with E-state index in [2.05, 4.69) is 5.10 Å². The smallest absolute Gasteiger partial charge is 0.276 e. The largest absolute Gasteiger partial charge is 0.352 e. The Morgan fingerprint density at radius 1 is 1.14 bits per heavy atom. The van der Waals surface area contributed by atoms with Gasteiger partial charge in [0.05, 0.1) is 17.4 Å². The van der Waals surface area contributed by atoms with Gasteiger partial charge in [0, 0.05) is 22.2 Å². The molecule has 2 aromatic carbocycles. The molecule has 4 rings (SSSR count). The minimum absolute atomic E-state index is 0.154. The summed E-state index contributed by atoms with van der Waals surface area (Å²) in [4.78, 5) is 26.0. The molecule has 0 saturated heterocycles. The van der Waals surface area contributed by atoms with E-state index in [1.807, 2.05) is 6.92 Å². The molecule has 0 spiro atoms. The standard InChI is InChI=1S/C19H15Cl2FN4O2/c1-2-8-24-17(27)12-7-6-11(20)9-16(12)26-18(24)23-25(19(26)28)10-13-14(21)4-3-5-15(13)22/h3-7,9H,2,8,10H2,1H3. The van der Waals surface area contributed by atoms with Crippen molar-refractivity contribution in [1.82, 2.24) is 18.7 Å². The van der Waals surface area contributed by atoms with Crippen LogP contribution in [0, 0.1) is 5.82 Å². The number of fused-ring (bicyclic) bond motifs is 3. The van der Waals surface area contributed by atoms with Crippen molar-refractivity contribution in [3.8, 4) is 0 Å². The lowest BCUT2D eigenvalue weighted by atomic mass is 10.2. The second-order valence-electron chi connectivity index (χ2n) is 6.39. The number of hydrogen-bond donors (Lipinski definition) is 0. The molecule has 0 radical (unpaired) electrons. The maximum Gasteiger partial charge on any atom is 0.352 e. The van der Waals surface area contributed by atoms with Gasteiger partial charge in [-0.3, -0.25) is 9.36 Å². The summed E-state index contributed by atoms with van der Waals surface area (Å²) in [5, 5.41) is 5.25. The van der Waals surface area contributed by atoms with E-state index in [0.717, 1.165) is 4.68 Å². The highest BCUT2D eigenvalue weighted by Crippen LogP contribution is 2.20. The lowest BCUT2D eigenvalue weighted by molar-refractivity contribution is 0.577. The summed E-state index contributed by atoms with van der Waals surface area (Å²) in [5.74, 6) is -0.352. The van der Waals surface area contributed by atoms with Crippen molar-refractivity contribution in [3.63, 3.8) is 0 Å². The monoisotopic (exact) mass is 420 g/mol. The van der Waals surface area contributed by atoms with E-state index in [1.165, 1.54) is 21.1 Å². The summed E-state index contributed by atoms with van der Waals surface area (Å²) in [6.07, 6.45) is 0.675. The first-order chi connectivity index (χ1) is 13.4. The first-order valence-electron chi connectivity index (χ1n) is 8.67. The van der Waals surface area contributed by atoms with E-state index in [9.17, 15) is 14.0 Å². The lowest BCUT2D eigenvalue weighted by Gasteiger charge is -2.08. The van der Waals surface area contributed by atoms with Crippen LogP contribution in [0.25, 0.3) is 16.7 Å². The quantitative estimate of drug-likeness (QED) is 0.505. The van der Waals surface area contributed by atoms with Gasteiger partial charge in [0.2, 0.25) is 5.78 Å². The van der Waals surface area contributed by atoms with E-state index < -0.39 is 11.5 Å². The molecule has 0 aliphatic heterocycles. The van der Waals surface area contributed by atoms with Gasteiger partial charge in [-0.05, 0) is 36.8 Å². The molecule has 0 bridgehead atoms. The molecule has 28 heavy (non-hydrogen) atoms. The van der Waals surface area contributed by atoms with Crippen LogP contribution in [0.5, 0.6) is 0 Å². The number of aromatic nitrogens is 4. The normalized spacial score (nSPS) is 11.6. The minimum Gasteiger partial charge on any atom is -0.276 e. The first kappa shape index (κ1) is 18.7. The van der Waals surface area contributed by atoms with Crippen molar-refractivity contribution in [2.45, 2.75) is 26.4 Å². The number of aryl methyl sites for hydroxylation is 1. The van der Waals surface area contributed by atoms with Gasteiger partial charge in [-0.2, -0.15) is 0 Å². The summed E-state index contributed by atoms with van der Waals surface area (Å²) in [6.45, 7) is 2.15. The van der Waals surface area contributed by atoms with Crippen molar-refractivity contribution in [2.24, 2.45) is 0 Å². The molecule has 4 aromatic rings. The SMILES string of the molecule is CCCn1c(=O)c2ccc(Cl)cc2n2c(=O)n(Cc3c(F)cccc3Cl)nc12. The molecule has 0 atom stereocenters. The Kier molecular flexibility index (Phi) is 4.72. The fraction of sp³-hybridized carbons (Fsp3) is 0.211. The van der Waals surface area contributed by atoms with Crippen molar-refractivity contribution in [3.05, 3.63) is 78.7 Å². The third kappa shape index (κ3) is 2.91. The number of rotatable bonds is 4. The van der Waals surface area contributed by atoms with Crippen LogP contribution in [-0.4, -0.2) is 18.7 Å². The van der Waals surface area contributed by atoms with E-state index >= 15 is 0 Å². The average molecular weight is 421 g/mol. The molecule has 0 amide bonds. The molecule has 0 aliphatic rings. The maximum absolute atomic E-state index is 14.2. The van der Waals surface area contributed by atoms with Crippen LogP contribution < -0.4 is 11.2 Å². The predicted octanol–water partition coefficient (Wildman–Crippen LogP) is 3.72. The van der Waals surface area contributed by atoms with E-state index in [0.29, 0.717) is 28.9 Å². The minimum atomic E-state index is -0.532. The van der Waals surface area contributed by atoms with Crippen molar-refractivity contribution < 1.29 is 4.39 Å². The molecule has 0 unspecified atom stereocenters. The Morgan fingerprint density at radius 2 is 1.93 bits per heavy atom. The van der Waals surface area contributed by atoms with Gasteiger partial charge in [-0.1, -0.05) is 36.2 Å². The van der Waals surface area contributed by atoms with E-state index in [4.69, 9.17) is 23.2 Å². The third-order valence-electron chi connectivity index (χ3n) is 4.56. The van der Waals surface area contributed by atoms with Gasteiger partial charge in [0.1, 0.15) is 5.82 Å². The Morgan fingerprint density at radius 3 is 2.64 bits per heavy atom. The Balaban J connectivity index is 2.06. The summed E-state index contributed by atoms with van der Waals surface area (Å²) >= 11 is 12.2. The Hall–Kier alpha value is -2.64. The molecule has 144 valence electrons. The molecule has 0 fully saturated rings. The highest BCUT2D eigenvalue weighted by molar-refractivity contribution is 6.31. The lowest BCUT2D eigenvalue weighted by Crippen LogP contribution is -2.26. The van der Waals surface area contributed by atoms with Crippen molar-refractivity contribution >= 4 is 39.9 Å². The Bertz CT molecular complexity index is 1320. The van der Waals surface area contributed by atoms with Gasteiger partial charge in [0.25, 0.3) is 5.56 Å². The Labute approximate surface area is 168 Å². The highest BCUT2D eigenvalue weighted by atomic mass is 35.5. The maximum atomic E-state index is 14.2. The van der Waals surface area contributed by atoms with Crippen LogP contribution in [0.15, 0.2) is 46.0 Å². The van der Waals surface area contributed by atoms with Gasteiger partial charge < -0.3 is 0 Å². The third-order valence-corrected chi connectivity index (χ3v) is 5.15. The zero-order valence-corrected chi connectivity index (χ0v) is 16.3. The molecular weight excluding hydrogens is 406 g/mol. The molecule has 0 aliphatic carbocycles. The first-order valence-corrected chi connectivity index (χ1v) is 9.42. The van der Waals surface area contributed by atoms with Crippen LogP contribution in [0.4, 0.5) is 4.39 Å². The fourth-order valence-electron chi connectivity index (χ4n) is 3.25. The average Bonchev–Trinajstić information content (AvgIpc) is 2.98. The van der Waals surface area contributed by atoms with Crippen LogP contribution in [0.1, 0.15) is 18.9 Å². The summed E-state index contributed by atoms with van der Waals surface area (Å²) < 4.78 is 18.1. The molecule has 2 heterocycles. The number of halogens is 3. The van der Waals surface area contributed by atoms with Gasteiger partial charge >= 0.3 is 5.69 Å². The second-order valence-corrected chi connectivity index (χ2v) is 7.24. The van der Waals surface area contributed by atoms with Gasteiger partial charge in [-0.25, -0.2) is 18.3 Å². The van der Waals surface area contributed by atoms with Gasteiger partial charge in [0.15, 0.2) is 0 Å². The van der Waals surface area contributed by atoms with E-state index in [1.54, 1.807) is 24.3 Å². The van der Waals surface area contributed by atoms with E-state index in [-0.39, 0.29) is 28.5 Å². The topological polar surface area (TPSA) is 61.3 Å². The summed E-state index contributed by atoms with van der Waals surface area (Å²) in [7, 11) is 0. The van der Waals surface area contributed by atoms with Crippen molar-refractivity contribution in [1.29, 1.82) is 0 Å². The molecule has 9 heteroatoms. The number of nitrogens with zero attached hydrogens (tertiary/aromatic N) is 4. The highest BCUT2D eigenvalue weighted by Gasteiger charge is 2.19. The number of hydrogen-bond acceptors (Lipinski definition) is 3. The fourth-order valence-corrected chi connectivity index (χ4v) is 3.64. The van der Waals surface area contributed by atoms with Crippen LogP contribution in [0.3, 0.4) is 0 Å². The van der Waals surface area contributed by atoms with Crippen LogP contribution in [0.2, 0.25) is 10.0 Å². The summed E-state index contributed by atoms with van der Waals surface area (Å²) in [5.41, 5.74) is -0.259. The molecular formula is C19H15Cl2FN4O2.